The lowest BCUT2D eigenvalue weighted by molar-refractivity contribution is 0.628. The number of nitrogens with one attached hydrogen (secondary N) is 3. The number of rotatable bonds is 4. The molecule has 2 aliphatic heterocycles. The highest BCUT2D eigenvalue weighted by Gasteiger charge is 2.27. The Balaban J connectivity index is 1.42. The Morgan fingerprint density at radius 1 is 1.28 bits per heavy atom. The van der Waals surface area contributed by atoms with Crippen LogP contribution < -0.4 is 21.2 Å². The zero-order valence-electron chi connectivity index (χ0n) is 18.1. The molecule has 3 N–H and O–H groups in total. The summed E-state index contributed by atoms with van der Waals surface area (Å²) in [5.41, 5.74) is 7.39. The van der Waals surface area contributed by atoms with Crippen molar-refractivity contribution in [2.24, 2.45) is 0 Å². The number of fused-ring (bicyclic) bond motifs is 1. The van der Waals surface area contributed by atoms with E-state index in [1.807, 2.05) is 12.3 Å². The van der Waals surface area contributed by atoms with Gasteiger partial charge in [0.2, 0.25) is 0 Å². The maximum Gasteiger partial charge on any atom is 0.123 e. The van der Waals surface area contributed by atoms with Crippen molar-refractivity contribution < 1.29 is 4.39 Å². The normalized spacial score (nSPS) is 18.9. The van der Waals surface area contributed by atoms with Gasteiger partial charge >= 0.3 is 0 Å². The molecule has 32 heavy (non-hydrogen) atoms. The maximum atomic E-state index is 13.8. The number of hydrogen-bond acceptors (Lipinski definition) is 4. The predicted octanol–water partition coefficient (Wildman–Crippen LogP) is 3.38. The molecule has 0 saturated carbocycles. The van der Waals surface area contributed by atoms with E-state index in [0.717, 1.165) is 64.6 Å². The standard InChI is InChI=1S/C26H26FN5/c1-16(18-8-10-28-11-9-18)6-7-23-17(2)26(32-31-23)24-13-21-22(14-29-15-25(21)30-24)19-4-3-5-20(27)12-19/h3-8,12,14-15,24,28,30-31H,2,9-11,13H2,1H3/b16-6+,23-7+. The van der Waals surface area contributed by atoms with Crippen LogP contribution in [0.2, 0.25) is 0 Å². The summed E-state index contributed by atoms with van der Waals surface area (Å²) in [6.45, 7) is 8.38. The first-order valence-electron chi connectivity index (χ1n) is 10.9. The molecule has 0 saturated heterocycles. The summed E-state index contributed by atoms with van der Waals surface area (Å²) in [6, 6.07) is 6.63. The number of anilines is 1. The van der Waals surface area contributed by atoms with Crippen LogP contribution in [0.1, 0.15) is 30.6 Å². The van der Waals surface area contributed by atoms with Crippen LogP contribution in [0.5, 0.6) is 0 Å². The van der Waals surface area contributed by atoms with Gasteiger partial charge in [-0.25, -0.2) is 4.39 Å². The summed E-state index contributed by atoms with van der Waals surface area (Å²) in [6.07, 6.45) is 11.8. The molecular weight excluding hydrogens is 401 g/mol. The molecule has 0 amide bonds. The number of aromatic amines is 1. The van der Waals surface area contributed by atoms with Crippen LogP contribution in [0.15, 0.2) is 60.0 Å². The van der Waals surface area contributed by atoms with Crippen molar-refractivity contribution in [1.29, 1.82) is 0 Å². The molecule has 5 rings (SSSR count). The zero-order chi connectivity index (χ0) is 22.1. The average Bonchev–Trinajstić information content (AvgIpc) is 3.41. The molecule has 1 unspecified atom stereocenters. The van der Waals surface area contributed by atoms with E-state index in [-0.39, 0.29) is 11.9 Å². The van der Waals surface area contributed by atoms with E-state index in [0.29, 0.717) is 0 Å². The third-order valence-electron chi connectivity index (χ3n) is 6.26. The Kier molecular flexibility index (Phi) is 5.45. The second-order valence-corrected chi connectivity index (χ2v) is 8.33. The summed E-state index contributed by atoms with van der Waals surface area (Å²) in [4.78, 5) is 4.36. The molecule has 3 aromatic rings. The number of H-pyrrole nitrogens is 1. The molecular formula is C26H26FN5. The van der Waals surface area contributed by atoms with E-state index >= 15 is 0 Å². The summed E-state index contributed by atoms with van der Waals surface area (Å²) < 4.78 is 13.8. The Bertz CT molecular complexity index is 1330. The van der Waals surface area contributed by atoms with Crippen LogP contribution in [0, 0.1) is 5.82 Å². The molecule has 6 heteroatoms. The van der Waals surface area contributed by atoms with Gasteiger partial charge in [0.25, 0.3) is 0 Å². The monoisotopic (exact) mass is 427 g/mol. The van der Waals surface area contributed by atoms with Crippen LogP contribution in [0.25, 0.3) is 23.8 Å². The molecule has 4 heterocycles. The molecule has 0 fully saturated rings. The summed E-state index contributed by atoms with van der Waals surface area (Å²) in [7, 11) is 0. The molecule has 162 valence electrons. The van der Waals surface area contributed by atoms with Crippen molar-refractivity contribution >= 4 is 18.3 Å². The fourth-order valence-corrected chi connectivity index (χ4v) is 4.46. The first-order valence-corrected chi connectivity index (χ1v) is 10.9. The van der Waals surface area contributed by atoms with E-state index in [1.54, 1.807) is 18.3 Å². The van der Waals surface area contributed by atoms with Crippen LogP contribution >= 0.6 is 0 Å². The van der Waals surface area contributed by atoms with E-state index < -0.39 is 0 Å². The second-order valence-electron chi connectivity index (χ2n) is 8.33. The Morgan fingerprint density at radius 2 is 2.19 bits per heavy atom. The molecule has 1 atom stereocenters. The molecule has 0 spiro atoms. The minimum Gasteiger partial charge on any atom is -0.375 e. The van der Waals surface area contributed by atoms with Crippen LogP contribution in [0.4, 0.5) is 10.1 Å². The van der Waals surface area contributed by atoms with Crippen LogP contribution in [0.3, 0.4) is 0 Å². The van der Waals surface area contributed by atoms with Crippen molar-refractivity contribution in [3.8, 4) is 11.1 Å². The van der Waals surface area contributed by atoms with Gasteiger partial charge in [0.05, 0.1) is 29.0 Å². The van der Waals surface area contributed by atoms with Crippen molar-refractivity contribution in [2.75, 3.05) is 18.4 Å². The number of hydrogen-bond donors (Lipinski definition) is 3. The van der Waals surface area contributed by atoms with Crippen molar-refractivity contribution in [2.45, 2.75) is 25.8 Å². The van der Waals surface area contributed by atoms with Gasteiger partial charge in [-0.15, -0.1) is 0 Å². The summed E-state index contributed by atoms with van der Waals surface area (Å²) >= 11 is 0. The van der Waals surface area contributed by atoms with E-state index in [9.17, 15) is 4.39 Å². The van der Waals surface area contributed by atoms with Gasteiger partial charge in [0.15, 0.2) is 0 Å². The highest BCUT2D eigenvalue weighted by Crippen LogP contribution is 2.38. The highest BCUT2D eigenvalue weighted by atomic mass is 19.1. The highest BCUT2D eigenvalue weighted by molar-refractivity contribution is 5.75. The van der Waals surface area contributed by atoms with Gasteiger partial charge in [0, 0.05) is 29.9 Å². The van der Waals surface area contributed by atoms with Crippen LogP contribution in [-0.2, 0) is 6.42 Å². The van der Waals surface area contributed by atoms with E-state index in [4.69, 9.17) is 0 Å². The van der Waals surface area contributed by atoms with Crippen molar-refractivity contribution in [3.63, 3.8) is 0 Å². The molecule has 2 aliphatic rings. The lowest BCUT2D eigenvalue weighted by Gasteiger charge is -2.13. The quantitative estimate of drug-likeness (QED) is 0.597. The fourth-order valence-electron chi connectivity index (χ4n) is 4.46. The largest absolute Gasteiger partial charge is 0.375 e. The Morgan fingerprint density at radius 3 is 3.00 bits per heavy atom. The predicted molar refractivity (Wildman–Crippen MR) is 127 cm³/mol. The molecule has 2 aromatic heterocycles. The number of pyridine rings is 1. The van der Waals surface area contributed by atoms with E-state index in [1.165, 1.54) is 17.2 Å². The molecule has 5 nitrogen and oxygen atoms in total. The summed E-state index contributed by atoms with van der Waals surface area (Å²) in [5, 5.41) is 16.4. The van der Waals surface area contributed by atoms with E-state index in [2.05, 4.69) is 57.5 Å². The zero-order valence-corrected chi connectivity index (χ0v) is 18.1. The minimum atomic E-state index is -0.251. The van der Waals surface area contributed by atoms with Gasteiger partial charge in [-0.2, -0.15) is 5.10 Å². The Labute approximate surface area is 186 Å². The van der Waals surface area contributed by atoms with Crippen molar-refractivity contribution in [1.82, 2.24) is 20.5 Å². The van der Waals surface area contributed by atoms with Gasteiger partial charge in [-0.1, -0.05) is 30.9 Å². The topological polar surface area (TPSA) is 65.6 Å². The lowest BCUT2D eigenvalue weighted by atomic mass is 9.98. The molecule has 1 aromatic carbocycles. The number of halogens is 1. The first-order chi connectivity index (χ1) is 15.6. The molecule has 0 radical (unpaired) electrons. The number of aromatic nitrogens is 3. The average molecular weight is 428 g/mol. The van der Waals surface area contributed by atoms with Crippen LogP contribution in [-0.4, -0.2) is 28.3 Å². The summed E-state index contributed by atoms with van der Waals surface area (Å²) in [5.74, 6) is -0.251. The first kappa shape index (κ1) is 20.4. The van der Waals surface area contributed by atoms with Gasteiger partial charge in [-0.05, 0) is 60.4 Å². The number of nitrogens with zero attached hydrogens (tertiary/aromatic N) is 2. The lowest BCUT2D eigenvalue weighted by Crippen LogP contribution is -2.26. The molecule has 0 aliphatic carbocycles. The molecule has 0 bridgehead atoms. The Hall–Kier alpha value is -3.51. The third-order valence-corrected chi connectivity index (χ3v) is 6.26. The van der Waals surface area contributed by atoms with Gasteiger partial charge < -0.3 is 10.6 Å². The number of benzene rings is 1. The maximum absolute atomic E-state index is 13.8. The smallest absolute Gasteiger partial charge is 0.123 e. The van der Waals surface area contributed by atoms with Gasteiger partial charge in [-0.3, -0.25) is 10.1 Å². The van der Waals surface area contributed by atoms with Crippen molar-refractivity contribution in [3.05, 3.63) is 87.6 Å². The third kappa shape index (κ3) is 3.89. The fraction of sp³-hybridized carbons (Fsp3) is 0.231. The second kappa shape index (κ2) is 8.55. The minimum absolute atomic E-state index is 0.00962. The van der Waals surface area contributed by atoms with Gasteiger partial charge in [0.1, 0.15) is 5.82 Å². The number of allylic oxidation sites excluding steroid dienone is 2. The SMILES string of the molecule is C=c1c(C2Cc3c(cncc3-c3cccc(F)c3)N2)n[nH]/c1=C/C=C(\C)C1=CCNCC1.